The molecule has 0 spiro atoms. The number of ether oxygens (including phenoxy) is 1. The van der Waals surface area contributed by atoms with Gasteiger partial charge in [0, 0.05) is 19.0 Å². The third-order valence-corrected chi connectivity index (χ3v) is 7.44. The van der Waals surface area contributed by atoms with Crippen molar-refractivity contribution in [2.45, 2.75) is 51.5 Å². The zero-order chi connectivity index (χ0) is 24.5. The Morgan fingerprint density at radius 1 is 1.06 bits per heavy atom. The fraction of sp³-hybridized carbons (Fsp3) is 0.444. The zero-order valence-electron chi connectivity index (χ0n) is 20.0. The first-order valence-corrected chi connectivity index (χ1v) is 11.9. The molecule has 2 aromatic rings. The Kier molecular flexibility index (Phi) is 6.39. The molecule has 0 radical (unpaired) electrons. The molecule has 7 heteroatoms. The Hall–Kier alpha value is -3.35. The van der Waals surface area contributed by atoms with E-state index in [-0.39, 0.29) is 31.5 Å². The van der Waals surface area contributed by atoms with Gasteiger partial charge in [-0.3, -0.25) is 4.79 Å². The summed E-state index contributed by atoms with van der Waals surface area (Å²) >= 11 is 0. The minimum absolute atomic E-state index is 0.0376. The molecule has 2 aromatic carbocycles. The van der Waals surface area contributed by atoms with Crippen LogP contribution in [0.4, 0.5) is 4.79 Å². The van der Waals surface area contributed by atoms with E-state index in [9.17, 15) is 19.5 Å². The molecule has 0 atom stereocenters. The van der Waals surface area contributed by atoms with Crippen molar-refractivity contribution in [2.75, 3.05) is 19.7 Å². The molecule has 180 valence electrons. The maximum absolute atomic E-state index is 13.4. The number of alkyl carbamates (subject to hydrolysis) is 1. The van der Waals surface area contributed by atoms with Gasteiger partial charge in [0.25, 0.3) is 0 Å². The Balaban J connectivity index is 1.40. The van der Waals surface area contributed by atoms with E-state index in [4.69, 9.17) is 4.74 Å². The number of carbonyl (C=O) groups is 3. The van der Waals surface area contributed by atoms with Crippen LogP contribution in [-0.2, 0) is 14.3 Å². The van der Waals surface area contributed by atoms with Crippen LogP contribution in [0.25, 0.3) is 11.1 Å². The number of carboxylic acids is 1. The van der Waals surface area contributed by atoms with Crippen LogP contribution in [0.3, 0.4) is 0 Å². The van der Waals surface area contributed by atoms with Crippen LogP contribution in [0, 0.1) is 5.41 Å². The van der Waals surface area contributed by atoms with Crippen LogP contribution in [-0.4, -0.2) is 53.2 Å². The van der Waals surface area contributed by atoms with Gasteiger partial charge in [0.15, 0.2) is 0 Å². The van der Waals surface area contributed by atoms with Gasteiger partial charge in [0.05, 0.1) is 5.41 Å². The number of carboxylic acid groups (broad SMARTS) is 1. The quantitative estimate of drug-likeness (QED) is 0.603. The second-order valence-electron chi connectivity index (χ2n) is 9.73. The van der Waals surface area contributed by atoms with Crippen LogP contribution in [0.15, 0.2) is 48.5 Å². The summed E-state index contributed by atoms with van der Waals surface area (Å²) in [5.41, 5.74) is 2.49. The Bertz CT molecular complexity index is 1060. The van der Waals surface area contributed by atoms with Crippen molar-refractivity contribution in [2.24, 2.45) is 5.41 Å². The highest BCUT2D eigenvalue weighted by Crippen LogP contribution is 2.45. The molecule has 2 aliphatic carbocycles. The summed E-state index contributed by atoms with van der Waals surface area (Å²) in [6.45, 7) is 5.45. The van der Waals surface area contributed by atoms with Crippen LogP contribution < -0.4 is 5.32 Å². The standard InChI is InChI=1S/C27H32N2O5/c1-4-29(26(2,3)24(31)32)23(30)27(14-9-15-27)17-28-25(33)34-16-22-20-12-7-5-10-18(20)19-11-6-8-13-21(19)22/h5-8,10-13,22H,4,9,14-17H2,1-3H3,(H,28,33)(H,31,32). The number of fused-ring (bicyclic) bond motifs is 3. The summed E-state index contributed by atoms with van der Waals surface area (Å²) < 4.78 is 5.61. The third kappa shape index (κ3) is 4.04. The minimum Gasteiger partial charge on any atom is -0.480 e. The summed E-state index contributed by atoms with van der Waals surface area (Å²) in [6.07, 6.45) is 1.52. The van der Waals surface area contributed by atoms with E-state index in [1.54, 1.807) is 6.92 Å². The maximum atomic E-state index is 13.4. The topological polar surface area (TPSA) is 95.9 Å². The van der Waals surface area contributed by atoms with Crippen molar-refractivity contribution in [3.63, 3.8) is 0 Å². The van der Waals surface area contributed by atoms with Crippen molar-refractivity contribution in [3.05, 3.63) is 59.7 Å². The smallest absolute Gasteiger partial charge is 0.407 e. The molecule has 2 N–H and O–H groups in total. The van der Waals surface area contributed by atoms with Gasteiger partial charge in [-0.1, -0.05) is 55.0 Å². The zero-order valence-corrected chi connectivity index (χ0v) is 20.0. The van der Waals surface area contributed by atoms with E-state index in [0.29, 0.717) is 12.8 Å². The monoisotopic (exact) mass is 464 g/mol. The summed E-state index contributed by atoms with van der Waals surface area (Å²) in [5.74, 6) is -1.32. The van der Waals surface area contributed by atoms with Crippen molar-refractivity contribution in [3.8, 4) is 11.1 Å². The summed E-state index contributed by atoms with van der Waals surface area (Å²) in [7, 11) is 0. The fourth-order valence-corrected chi connectivity index (χ4v) is 5.16. The Labute approximate surface area is 200 Å². The van der Waals surface area contributed by atoms with E-state index in [0.717, 1.165) is 28.7 Å². The van der Waals surface area contributed by atoms with Gasteiger partial charge in [-0.2, -0.15) is 0 Å². The predicted molar refractivity (Wildman–Crippen MR) is 128 cm³/mol. The number of nitrogens with one attached hydrogen (secondary N) is 1. The average Bonchev–Trinajstić information content (AvgIpc) is 3.11. The maximum Gasteiger partial charge on any atom is 0.407 e. The first-order chi connectivity index (χ1) is 16.2. The average molecular weight is 465 g/mol. The molecule has 1 fully saturated rings. The van der Waals surface area contributed by atoms with Gasteiger partial charge in [0.1, 0.15) is 12.1 Å². The molecule has 4 rings (SSSR count). The molecule has 1 saturated carbocycles. The van der Waals surface area contributed by atoms with E-state index >= 15 is 0 Å². The van der Waals surface area contributed by atoms with Crippen LogP contribution >= 0.6 is 0 Å². The number of amides is 2. The van der Waals surface area contributed by atoms with Gasteiger partial charge in [-0.15, -0.1) is 0 Å². The van der Waals surface area contributed by atoms with Gasteiger partial charge in [-0.25, -0.2) is 9.59 Å². The van der Waals surface area contributed by atoms with Crippen LogP contribution in [0.1, 0.15) is 57.1 Å². The van der Waals surface area contributed by atoms with Crippen molar-refractivity contribution in [1.29, 1.82) is 0 Å². The van der Waals surface area contributed by atoms with E-state index in [1.165, 1.54) is 18.7 Å². The first-order valence-electron chi connectivity index (χ1n) is 11.9. The molecule has 0 saturated heterocycles. The Morgan fingerprint density at radius 2 is 1.62 bits per heavy atom. The third-order valence-electron chi connectivity index (χ3n) is 7.44. The van der Waals surface area contributed by atoms with Crippen molar-refractivity contribution >= 4 is 18.0 Å². The van der Waals surface area contributed by atoms with E-state index in [1.807, 2.05) is 24.3 Å². The number of aliphatic carboxylic acids is 1. The molecule has 7 nitrogen and oxygen atoms in total. The number of hydrogen-bond donors (Lipinski definition) is 2. The van der Waals surface area contributed by atoms with E-state index < -0.39 is 23.0 Å². The van der Waals surface area contributed by atoms with Crippen molar-refractivity contribution in [1.82, 2.24) is 10.2 Å². The van der Waals surface area contributed by atoms with Gasteiger partial charge < -0.3 is 20.1 Å². The second-order valence-corrected chi connectivity index (χ2v) is 9.73. The molecular formula is C27H32N2O5. The lowest BCUT2D eigenvalue weighted by atomic mass is 9.67. The number of likely N-dealkylation sites (N-methyl/N-ethyl adjacent to an activating group) is 1. The van der Waals surface area contributed by atoms with Crippen LogP contribution in [0.2, 0.25) is 0 Å². The predicted octanol–water partition coefficient (Wildman–Crippen LogP) is 4.41. The molecule has 0 aliphatic heterocycles. The van der Waals surface area contributed by atoms with E-state index in [2.05, 4.69) is 29.6 Å². The number of benzene rings is 2. The molecule has 2 aliphatic rings. The summed E-state index contributed by atoms with van der Waals surface area (Å²) in [4.78, 5) is 39.1. The first kappa shape index (κ1) is 23.8. The van der Waals surface area contributed by atoms with Crippen molar-refractivity contribution < 1.29 is 24.2 Å². The SMILES string of the molecule is CCN(C(=O)C1(CNC(=O)OCC2c3ccccc3-c3ccccc32)CCC1)C(C)(C)C(=O)O. The Morgan fingerprint density at radius 3 is 2.09 bits per heavy atom. The number of rotatable bonds is 8. The highest BCUT2D eigenvalue weighted by molar-refractivity contribution is 5.90. The number of nitrogens with zero attached hydrogens (tertiary/aromatic N) is 1. The largest absolute Gasteiger partial charge is 0.480 e. The minimum atomic E-state index is -1.32. The molecule has 0 unspecified atom stereocenters. The molecule has 34 heavy (non-hydrogen) atoms. The molecule has 0 heterocycles. The molecule has 0 aromatic heterocycles. The second kappa shape index (κ2) is 9.12. The van der Waals surface area contributed by atoms with Gasteiger partial charge in [-0.05, 0) is 55.9 Å². The normalized spacial score (nSPS) is 16.1. The lowest BCUT2D eigenvalue weighted by Gasteiger charge is -2.46. The lowest BCUT2D eigenvalue weighted by Crippen LogP contribution is -2.61. The number of carbonyl (C=O) groups excluding carboxylic acids is 2. The van der Waals surface area contributed by atoms with Gasteiger partial charge >= 0.3 is 12.1 Å². The molecule has 0 bridgehead atoms. The molecular weight excluding hydrogens is 432 g/mol. The summed E-state index contributed by atoms with van der Waals surface area (Å²) in [5, 5.41) is 12.4. The number of hydrogen-bond acceptors (Lipinski definition) is 4. The lowest BCUT2D eigenvalue weighted by molar-refractivity contribution is -0.164. The molecule has 2 amide bonds. The highest BCUT2D eigenvalue weighted by atomic mass is 16.5. The fourth-order valence-electron chi connectivity index (χ4n) is 5.16. The summed E-state index contributed by atoms with van der Waals surface area (Å²) in [6, 6.07) is 16.3. The van der Waals surface area contributed by atoms with Gasteiger partial charge in [0.2, 0.25) is 5.91 Å². The highest BCUT2D eigenvalue weighted by Gasteiger charge is 2.50. The van der Waals surface area contributed by atoms with Crippen LogP contribution in [0.5, 0.6) is 0 Å².